The lowest BCUT2D eigenvalue weighted by atomic mass is 10.2. The number of carbonyl (C=O) groups excluding carboxylic acids is 2. The third kappa shape index (κ3) is 3.97. The van der Waals surface area contributed by atoms with Crippen LogP contribution in [-0.4, -0.2) is 47.0 Å². The van der Waals surface area contributed by atoms with Gasteiger partial charge in [0.15, 0.2) is 5.69 Å². The smallest absolute Gasteiger partial charge is 0.276 e. The fraction of sp³-hybridized carbons (Fsp3) is 0.615. The molecule has 0 aliphatic rings. The molecule has 1 aromatic rings. The molecule has 0 aromatic carbocycles. The lowest BCUT2D eigenvalue weighted by molar-refractivity contribution is -0.121. The number of carbonyl (C=O) groups is 2. The topological polar surface area (TPSA) is 104 Å². The highest BCUT2D eigenvalue weighted by Gasteiger charge is 2.21. The molecule has 0 atom stereocenters. The van der Waals surface area contributed by atoms with Gasteiger partial charge in [-0.25, -0.2) is 0 Å². The van der Waals surface area contributed by atoms with E-state index in [1.165, 1.54) is 4.90 Å². The van der Waals surface area contributed by atoms with Crippen LogP contribution >= 0.6 is 0 Å². The highest BCUT2D eigenvalue weighted by molar-refractivity contribution is 5.99. The van der Waals surface area contributed by atoms with E-state index in [2.05, 4.69) is 15.5 Å². The van der Waals surface area contributed by atoms with Gasteiger partial charge in [0.2, 0.25) is 5.91 Å². The van der Waals surface area contributed by atoms with Crippen molar-refractivity contribution in [3.8, 4) is 0 Å². The van der Waals surface area contributed by atoms with Crippen LogP contribution in [0.4, 0.5) is 5.69 Å². The van der Waals surface area contributed by atoms with Crippen molar-refractivity contribution in [2.75, 3.05) is 25.9 Å². The summed E-state index contributed by atoms with van der Waals surface area (Å²) in [7, 11) is 1.56. The number of aromatic amines is 1. The van der Waals surface area contributed by atoms with Crippen LogP contribution in [0.25, 0.3) is 0 Å². The van der Waals surface area contributed by atoms with Crippen LogP contribution in [-0.2, 0) is 11.2 Å². The molecule has 0 aliphatic heterocycles. The van der Waals surface area contributed by atoms with Crippen LogP contribution in [0, 0.1) is 0 Å². The minimum Gasteiger partial charge on any atom is -0.395 e. The molecule has 0 bridgehead atoms. The molecule has 0 radical (unpaired) electrons. The van der Waals surface area contributed by atoms with Crippen LogP contribution in [0.3, 0.4) is 0 Å². The largest absolute Gasteiger partial charge is 0.395 e. The minimum absolute atomic E-state index is 0.00571. The number of amides is 2. The Balaban J connectivity index is 2.67. The number of aromatic nitrogens is 2. The predicted molar refractivity (Wildman–Crippen MR) is 77.3 cm³/mol. The number of hydrogen-bond donors (Lipinski definition) is 3. The molecule has 0 saturated carbocycles. The molecule has 0 saturated heterocycles. The van der Waals surface area contributed by atoms with E-state index >= 15 is 0 Å². The zero-order valence-electron chi connectivity index (χ0n) is 12.3. The van der Waals surface area contributed by atoms with Crippen LogP contribution in [0.15, 0.2) is 0 Å². The van der Waals surface area contributed by atoms with Crippen molar-refractivity contribution in [3.63, 3.8) is 0 Å². The first-order chi connectivity index (χ1) is 9.51. The standard InChI is InChI=1S/C13H23N5O2/c1-4-6-9-11(14)12(17-16-9)13(20)18(3)8-10(19)15-7-5-2/h4-8,14H2,1-3H3,(H,15,19)(H,16,17). The summed E-state index contributed by atoms with van der Waals surface area (Å²) in [5.74, 6) is -0.543. The third-order valence-corrected chi connectivity index (χ3v) is 2.89. The number of H-pyrrole nitrogens is 1. The molecule has 7 nitrogen and oxygen atoms in total. The summed E-state index contributed by atoms with van der Waals surface area (Å²) in [6, 6.07) is 0. The summed E-state index contributed by atoms with van der Waals surface area (Å²) in [4.78, 5) is 25.1. The van der Waals surface area contributed by atoms with Gasteiger partial charge in [0.1, 0.15) is 0 Å². The van der Waals surface area contributed by atoms with Gasteiger partial charge in [-0.1, -0.05) is 20.3 Å². The van der Waals surface area contributed by atoms with Gasteiger partial charge < -0.3 is 16.0 Å². The fourth-order valence-electron chi connectivity index (χ4n) is 1.78. The molecule has 0 spiro atoms. The first-order valence-corrected chi connectivity index (χ1v) is 6.86. The van der Waals surface area contributed by atoms with Gasteiger partial charge in [-0.15, -0.1) is 0 Å². The number of nitrogen functional groups attached to an aromatic ring is 1. The quantitative estimate of drug-likeness (QED) is 0.678. The maximum atomic E-state index is 12.2. The number of aryl methyl sites for hydroxylation is 1. The molecule has 4 N–H and O–H groups in total. The minimum atomic E-state index is -0.354. The molecule has 20 heavy (non-hydrogen) atoms. The Morgan fingerprint density at radius 3 is 2.65 bits per heavy atom. The second-order valence-electron chi connectivity index (χ2n) is 4.73. The number of likely N-dealkylation sites (N-methyl/N-ethyl adjacent to an activating group) is 1. The lowest BCUT2D eigenvalue weighted by Crippen LogP contribution is -2.38. The zero-order valence-corrected chi connectivity index (χ0v) is 12.3. The highest BCUT2D eigenvalue weighted by Crippen LogP contribution is 2.16. The van der Waals surface area contributed by atoms with Crippen molar-refractivity contribution in [2.24, 2.45) is 0 Å². The second-order valence-corrected chi connectivity index (χ2v) is 4.73. The average molecular weight is 281 g/mol. The third-order valence-electron chi connectivity index (χ3n) is 2.89. The van der Waals surface area contributed by atoms with E-state index in [1.807, 2.05) is 13.8 Å². The SMILES string of the molecule is CCCNC(=O)CN(C)C(=O)c1n[nH]c(CCC)c1N. The average Bonchev–Trinajstić information content (AvgIpc) is 2.77. The molecule has 7 heteroatoms. The molecule has 1 rings (SSSR count). The van der Waals surface area contributed by atoms with Gasteiger partial charge >= 0.3 is 0 Å². The molecule has 0 aliphatic carbocycles. The highest BCUT2D eigenvalue weighted by atomic mass is 16.2. The summed E-state index contributed by atoms with van der Waals surface area (Å²) in [6.07, 6.45) is 2.51. The molecular weight excluding hydrogens is 258 g/mol. The summed E-state index contributed by atoms with van der Waals surface area (Å²) < 4.78 is 0. The van der Waals surface area contributed by atoms with E-state index in [0.29, 0.717) is 12.2 Å². The van der Waals surface area contributed by atoms with Crippen molar-refractivity contribution in [2.45, 2.75) is 33.1 Å². The van der Waals surface area contributed by atoms with E-state index in [9.17, 15) is 9.59 Å². The monoisotopic (exact) mass is 281 g/mol. The number of hydrogen-bond acceptors (Lipinski definition) is 4. The van der Waals surface area contributed by atoms with Crippen LogP contribution in [0.5, 0.6) is 0 Å². The number of nitrogens with one attached hydrogen (secondary N) is 2. The summed E-state index contributed by atoms with van der Waals surface area (Å²) >= 11 is 0. The predicted octanol–water partition coefficient (Wildman–Crippen LogP) is 0.543. The van der Waals surface area contributed by atoms with Gasteiger partial charge in [0, 0.05) is 13.6 Å². The molecule has 1 aromatic heterocycles. The molecule has 1 heterocycles. The first kappa shape index (κ1) is 16.0. The lowest BCUT2D eigenvalue weighted by Gasteiger charge is -2.15. The van der Waals surface area contributed by atoms with Crippen molar-refractivity contribution in [1.29, 1.82) is 0 Å². The molecule has 0 unspecified atom stereocenters. The number of nitrogens with zero attached hydrogens (tertiary/aromatic N) is 2. The van der Waals surface area contributed by atoms with E-state index in [4.69, 9.17) is 5.73 Å². The Bertz CT molecular complexity index is 469. The fourth-order valence-corrected chi connectivity index (χ4v) is 1.78. The number of rotatable bonds is 7. The van der Waals surface area contributed by atoms with Crippen LogP contribution < -0.4 is 11.1 Å². The molecular formula is C13H23N5O2. The maximum Gasteiger partial charge on any atom is 0.276 e. The molecule has 112 valence electrons. The van der Waals surface area contributed by atoms with Crippen molar-refractivity contribution in [3.05, 3.63) is 11.4 Å². The van der Waals surface area contributed by atoms with E-state index < -0.39 is 0 Å². The van der Waals surface area contributed by atoms with Gasteiger partial charge in [0.25, 0.3) is 5.91 Å². The Morgan fingerprint density at radius 2 is 2.05 bits per heavy atom. The zero-order chi connectivity index (χ0) is 15.1. The Labute approximate surface area is 118 Å². The Hall–Kier alpha value is -2.05. The van der Waals surface area contributed by atoms with Gasteiger partial charge in [-0.2, -0.15) is 5.10 Å². The first-order valence-electron chi connectivity index (χ1n) is 6.86. The second kappa shape index (κ2) is 7.52. The van der Waals surface area contributed by atoms with E-state index in [0.717, 1.165) is 25.0 Å². The Morgan fingerprint density at radius 1 is 1.35 bits per heavy atom. The van der Waals surface area contributed by atoms with Gasteiger partial charge in [-0.3, -0.25) is 14.7 Å². The van der Waals surface area contributed by atoms with Crippen LogP contribution in [0.1, 0.15) is 42.9 Å². The summed E-state index contributed by atoms with van der Waals surface area (Å²) in [6.45, 7) is 4.58. The van der Waals surface area contributed by atoms with Crippen molar-refractivity contribution >= 4 is 17.5 Å². The van der Waals surface area contributed by atoms with Crippen molar-refractivity contribution < 1.29 is 9.59 Å². The van der Waals surface area contributed by atoms with Crippen LogP contribution in [0.2, 0.25) is 0 Å². The Kier molecular flexibility index (Phi) is 6.02. The molecule has 2 amide bonds. The van der Waals surface area contributed by atoms with E-state index in [1.54, 1.807) is 7.05 Å². The van der Waals surface area contributed by atoms with Gasteiger partial charge in [0.05, 0.1) is 17.9 Å². The van der Waals surface area contributed by atoms with Gasteiger partial charge in [-0.05, 0) is 12.8 Å². The normalized spacial score (nSPS) is 10.3. The number of anilines is 1. The summed E-state index contributed by atoms with van der Waals surface area (Å²) in [5, 5.41) is 9.44. The van der Waals surface area contributed by atoms with E-state index in [-0.39, 0.29) is 24.1 Å². The van der Waals surface area contributed by atoms with Crippen molar-refractivity contribution in [1.82, 2.24) is 20.4 Å². The number of nitrogens with two attached hydrogens (primary N) is 1. The maximum absolute atomic E-state index is 12.2. The summed E-state index contributed by atoms with van der Waals surface area (Å²) in [5.41, 5.74) is 7.21. The molecule has 0 fully saturated rings.